The molecule has 0 bridgehead atoms. The molecule has 0 saturated carbocycles. The number of benzene rings is 6. The quantitative estimate of drug-likeness (QED) is 0.216. The fraction of sp³-hybridized carbons (Fsp3) is 0.0244. The fourth-order valence-corrected chi connectivity index (χ4v) is 7.31. The Morgan fingerprint density at radius 1 is 0.419 bits per heavy atom. The van der Waals surface area contributed by atoms with E-state index in [0.29, 0.717) is 0 Å². The largest absolute Gasteiger partial charge is 0.228 e. The van der Waals surface area contributed by atoms with E-state index in [1.165, 1.54) is 44.5 Å². The zero-order valence-corrected chi connectivity index (χ0v) is 23.4. The minimum atomic E-state index is -0.474. The average Bonchev–Trinajstić information content (AvgIpc) is 3.29. The predicted octanol–water partition coefficient (Wildman–Crippen LogP) is 9.81. The summed E-state index contributed by atoms with van der Waals surface area (Å²) in [5.74, 6) is 0.733. The molecule has 9 rings (SSSR count). The molecular formula is C41H26N2. The first-order valence-corrected chi connectivity index (χ1v) is 14.8. The Morgan fingerprint density at radius 3 is 1.79 bits per heavy atom. The second-order valence-electron chi connectivity index (χ2n) is 11.3. The lowest BCUT2D eigenvalue weighted by Gasteiger charge is -2.35. The Hall–Kier alpha value is -5.60. The van der Waals surface area contributed by atoms with Crippen molar-refractivity contribution in [2.75, 3.05) is 0 Å². The van der Waals surface area contributed by atoms with Gasteiger partial charge in [0.05, 0.1) is 16.6 Å². The van der Waals surface area contributed by atoms with Gasteiger partial charge in [0.1, 0.15) is 0 Å². The zero-order valence-electron chi connectivity index (χ0n) is 23.4. The van der Waals surface area contributed by atoms with Crippen LogP contribution in [0.5, 0.6) is 0 Å². The van der Waals surface area contributed by atoms with Crippen LogP contribution in [0.25, 0.3) is 56.8 Å². The second kappa shape index (κ2) is 9.20. The van der Waals surface area contributed by atoms with Gasteiger partial charge in [-0.05, 0) is 56.6 Å². The SMILES string of the molecule is C1=Cc2ccc(-c3nc(-c4ccccc4)c4ccccc4n3)cc2C2(c3ccccc31)c1ccccc1-c1ccccc12. The Morgan fingerprint density at radius 2 is 1.02 bits per heavy atom. The highest BCUT2D eigenvalue weighted by Gasteiger charge is 2.48. The standard InChI is InChI=1S/C41H26N2/c1-2-13-29(14-3-1)39-33-17-7-11-21-38(33)42-40(43-39)30-25-24-28-23-22-27-12-4-8-18-34(27)41(37(28)26-30)35-19-9-5-15-31(35)32-16-6-10-20-36(32)41/h1-26H. The molecule has 7 aromatic rings. The van der Waals surface area contributed by atoms with E-state index in [9.17, 15) is 0 Å². The van der Waals surface area contributed by atoms with Gasteiger partial charge in [0.25, 0.3) is 0 Å². The van der Waals surface area contributed by atoms with Gasteiger partial charge in [-0.3, -0.25) is 0 Å². The van der Waals surface area contributed by atoms with E-state index >= 15 is 0 Å². The summed E-state index contributed by atoms with van der Waals surface area (Å²) in [6.07, 6.45) is 4.54. The molecule has 1 aromatic heterocycles. The summed E-state index contributed by atoms with van der Waals surface area (Å²) in [6, 6.07) is 52.2. The highest BCUT2D eigenvalue weighted by Crippen LogP contribution is 2.58. The third-order valence-corrected chi connectivity index (χ3v) is 9.13. The van der Waals surface area contributed by atoms with Crippen LogP contribution in [0.2, 0.25) is 0 Å². The van der Waals surface area contributed by atoms with Gasteiger partial charge in [-0.15, -0.1) is 0 Å². The van der Waals surface area contributed by atoms with Gasteiger partial charge in [-0.2, -0.15) is 0 Å². The minimum absolute atomic E-state index is 0.474. The summed E-state index contributed by atoms with van der Waals surface area (Å²) in [4.78, 5) is 10.4. The molecule has 2 heteroatoms. The van der Waals surface area contributed by atoms with E-state index in [1.807, 2.05) is 12.1 Å². The molecule has 0 amide bonds. The monoisotopic (exact) mass is 546 g/mol. The van der Waals surface area contributed by atoms with Crippen LogP contribution in [-0.4, -0.2) is 9.97 Å². The normalized spacial score (nSPS) is 13.7. The summed E-state index contributed by atoms with van der Waals surface area (Å²) in [6.45, 7) is 0. The van der Waals surface area contributed by atoms with Gasteiger partial charge < -0.3 is 0 Å². The first kappa shape index (κ1) is 24.0. The molecule has 0 unspecified atom stereocenters. The van der Waals surface area contributed by atoms with E-state index in [4.69, 9.17) is 9.97 Å². The molecule has 1 heterocycles. The Balaban J connectivity index is 1.37. The summed E-state index contributed by atoms with van der Waals surface area (Å²) >= 11 is 0. The molecule has 2 aliphatic rings. The van der Waals surface area contributed by atoms with Crippen molar-refractivity contribution >= 4 is 23.1 Å². The number of hydrogen-bond acceptors (Lipinski definition) is 2. The lowest BCUT2D eigenvalue weighted by atomic mass is 9.66. The van der Waals surface area contributed by atoms with Crippen molar-refractivity contribution in [1.82, 2.24) is 9.97 Å². The first-order valence-electron chi connectivity index (χ1n) is 14.8. The van der Waals surface area contributed by atoms with E-state index in [-0.39, 0.29) is 0 Å². The van der Waals surface area contributed by atoms with Crippen LogP contribution >= 0.6 is 0 Å². The van der Waals surface area contributed by atoms with Crippen LogP contribution in [0.4, 0.5) is 0 Å². The summed E-state index contributed by atoms with van der Waals surface area (Å²) in [5.41, 5.74) is 13.7. The van der Waals surface area contributed by atoms with Crippen molar-refractivity contribution in [2.45, 2.75) is 5.41 Å². The van der Waals surface area contributed by atoms with E-state index < -0.39 is 5.41 Å². The number of para-hydroxylation sites is 1. The molecule has 2 aliphatic carbocycles. The molecule has 1 spiro atoms. The van der Waals surface area contributed by atoms with E-state index in [0.717, 1.165) is 33.5 Å². The molecular weight excluding hydrogens is 520 g/mol. The molecule has 0 radical (unpaired) electrons. The van der Waals surface area contributed by atoms with Crippen molar-refractivity contribution in [1.29, 1.82) is 0 Å². The van der Waals surface area contributed by atoms with Gasteiger partial charge in [0.15, 0.2) is 5.82 Å². The van der Waals surface area contributed by atoms with Gasteiger partial charge in [-0.1, -0.05) is 146 Å². The van der Waals surface area contributed by atoms with Crippen molar-refractivity contribution in [3.63, 3.8) is 0 Å². The van der Waals surface area contributed by atoms with Crippen molar-refractivity contribution in [2.24, 2.45) is 0 Å². The second-order valence-corrected chi connectivity index (χ2v) is 11.3. The maximum Gasteiger partial charge on any atom is 0.160 e. The third kappa shape index (κ3) is 3.41. The maximum atomic E-state index is 5.23. The molecule has 0 aliphatic heterocycles. The molecule has 0 N–H and O–H groups in total. The van der Waals surface area contributed by atoms with Gasteiger partial charge >= 0.3 is 0 Å². The maximum absolute atomic E-state index is 5.23. The molecule has 0 saturated heterocycles. The van der Waals surface area contributed by atoms with Crippen molar-refractivity contribution in [3.8, 4) is 33.8 Å². The van der Waals surface area contributed by atoms with Gasteiger partial charge in [0.2, 0.25) is 0 Å². The molecule has 43 heavy (non-hydrogen) atoms. The lowest BCUT2D eigenvalue weighted by molar-refractivity contribution is 0.766. The number of rotatable bonds is 2. The molecule has 6 aromatic carbocycles. The first-order chi connectivity index (χ1) is 21.3. The average molecular weight is 547 g/mol. The minimum Gasteiger partial charge on any atom is -0.228 e. The Bertz CT molecular complexity index is 2200. The van der Waals surface area contributed by atoms with E-state index in [1.54, 1.807) is 0 Å². The molecule has 0 atom stereocenters. The predicted molar refractivity (Wildman–Crippen MR) is 177 cm³/mol. The summed E-state index contributed by atoms with van der Waals surface area (Å²) in [5, 5.41) is 1.05. The number of nitrogens with zero attached hydrogens (tertiary/aromatic N) is 2. The van der Waals surface area contributed by atoms with Crippen LogP contribution in [0, 0.1) is 0 Å². The number of fused-ring (bicyclic) bond motifs is 10. The number of aromatic nitrogens is 2. The van der Waals surface area contributed by atoms with Crippen LogP contribution < -0.4 is 0 Å². The van der Waals surface area contributed by atoms with Gasteiger partial charge in [0, 0.05) is 16.5 Å². The van der Waals surface area contributed by atoms with Crippen LogP contribution in [0.1, 0.15) is 33.4 Å². The smallest absolute Gasteiger partial charge is 0.160 e. The molecule has 2 nitrogen and oxygen atoms in total. The topological polar surface area (TPSA) is 25.8 Å². The van der Waals surface area contributed by atoms with Gasteiger partial charge in [-0.25, -0.2) is 9.97 Å². The van der Waals surface area contributed by atoms with E-state index in [2.05, 4.69) is 146 Å². The van der Waals surface area contributed by atoms with Crippen LogP contribution in [-0.2, 0) is 5.41 Å². The highest BCUT2D eigenvalue weighted by molar-refractivity contribution is 5.95. The molecule has 0 fully saturated rings. The van der Waals surface area contributed by atoms with Crippen LogP contribution in [0.3, 0.4) is 0 Å². The Kier molecular flexibility index (Phi) is 5.15. The lowest BCUT2D eigenvalue weighted by Crippen LogP contribution is -2.30. The highest BCUT2D eigenvalue weighted by atomic mass is 14.9. The number of hydrogen-bond donors (Lipinski definition) is 0. The Labute approximate surface area is 250 Å². The summed E-state index contributed by atoms with van der Waals surface area (Å²) in [7, 11) is 0. The van der Waals surface area contributed by atoms with Crippen LogP contribution in [0.15, 0.2) is 146 Å². The third-order valence-electron chi connectivity index (χ3n) is 9.13. The van der Waals surface area contributed by atoms with Crippen molar-refractivity contribution < 1.29 is 0 Å². The summed E-state index contributed by atoms with van der Waals surface area (Å²) < 4.78 is 0. The van der Waals surface area contributed by atoms with Crippen molar-refractivity contribution in [3.05, 3.63) is 179 Å². The fourth-order valence-electron chi connectivity index (χ4n) is 7.31. The zero-order chi connectivity index (χ0) is 28.4. The molecule has 200 valence electrons.